The highest BCUT2D eigenvalue weighted by Crippen LogP contribution is 2.07. The Kier molecular flexibility index (Phi) is 25.3. The molecular formula is C13H29NO2. The molecule has 0 aromatic carbocycles. The summed E-state index contributed by atoms with van der Waals surface area (Å²) in [5.74, 6) is -0.663. The molecule has 4 N–H and O–H groups in total. The summed E-state index contributed by atoms with van der Waals surface area (Å²) in [6.07, 6.45) is 10.4. The highest BCUT2D eigenvalue weighted by Gasteiger charge is 1.95. The number of carbonyl (C=O) groups is 1. The number of rotatable bonds is 8. The van der Waals surface area contributed by atoms with Crippen LogP contribution in [-0.4, -0.2) is 11.1 Å². The zero-order valence-corrected chi connectivity index (χ0v) is 11.0. The Morgan fingerprint density at radius 3 is 1.88 bits per heavy atom. The summed E-state index contributed by atoms with van der Waals surface area (Å²) >= 11 is 0. The predicted octanol–water partition coefficient (Wildman–Crippen LogP) is 4.57. The Morgan fingerprint density at radius 2 is 1.50 bits per heavy atom. The van der Waals surface area contributed by atoms with E-state index in [-0.39, 0.29) is 6.15 Å². The lowest BCUT2D eigenvalue weighted by molar-refractivity contribution is -0.137. The van der Waals surface area contributed by atoms with Crippen LogP contribution in [0.4, 0.5) is 0 Å². The Morgan fingerprint density at radius 1 is 1.12 bits per heavy atom. The third-order valence-electron chi connectivity index (χ3n) is 1.99. The lowest BCUT2D eigenvalue weighted by Gasteiger charge is -1.98. The summed E-state index contributed by atoms with van der Waals surface area (Å²) < 4.78 is 0. The van der Waals surface area contributed by atoms with E-state index in [2.05, 4.69) is 13.5 Å². The second-order valence-electron chi connectivity index (χ2n) is 3.67. The lowest BCUT2D eigenvalue weighted by atomic mass is 10.1. The third kappa shape index (κ3) is 29.2. The van der Waals surface area contributed by atoms with E-state index in [0.29, 0.717) is 6.42 Å². The van der Waals surface area contributed by atoms with Gasteiger partial charge in [-0.1, -0.05) is 51.5 Å². The van der Waals surface area contributed by atoms with Gasteiger partial charge in [-0.3, -0.25) is 4.79 Å². The van der Waals surface area contributed by atoms with Gasteiger partial charge in [-0.2, -0.15) is 0 Å². The molecule has 0 aliphatic heterocycles. The van der Waals surface area contributed by atoms with Crippen molar-refractivity contribution in [2.75, 3.05) is 0 Å². The molecule has 0 rings (SSSR count). The maximum atomic E-state index is 10.1. The zero-order valence-electron chi connectivity index (χ0n) is 11.0. The Balaban J connectivity index is -0.000000377. The quantitative estimate of drug-likeness (QED) is 0.475. The van der Waals surface area contributed by atoms with Gasteiger partial charge in [0.2, 0.25) is 0 Å². The molecule has 0 amide bonds. The largest absolute Gasteiger partial charge is 0.481 e. The number of unbranched alkanes of at least 4 members (excludes halogenated alkanes) is 6. The van der Waals surface area contributed by atoms with Gasteiger partial charge in [0.05, 0.1) is 0 Å². The van der Waals surface area contributed by atoms with Crippen molar-refractivity contribution in [3.8, 4) is 0 Å². The van der Waals surface area contributed by atoms with Crippen LogP contribution in [0.1, 0.15) is 65.2 Å². The highest BCUT2D eigenvalue weighted by atomic mass is 16.4. The van der Waals surface area contributed by atoms with Crippen LogP contribution >= 0.6 is 0 Å². The van der Waals surface area contributed by atoms with Crippen molar-refractivity contribution in [3.63, 3.8) is 0 Å². The van der Waals surface area contributed by atoms with Crippen molar-refractivity contribution in [2.45, 2.75) is 65.2 Å². The molecule has 0 heterocycles. The molecule has 0 spiro atoms. The topological polar surface area (TPSA) is 72.3 Å². The van der Waals surface area contributed by atoms with E-state index in [0.717, 1.165) is 12.8 Å². The van der Waals surface area contributed by atoms with Gasteiger partial charge in [0.1, 0.15) is 0 Å². The molecule has 0 aliphatic rings. The van der Waals surface area contributed by atoms with E-state index in [1.807, 2.05) is 6.92 Å². The van der Waals surface area contributed by atoms with E-state index in [1.54, 1.807) is 6.08 Å². The van der Waals surface area contributed by atoms with Crippen molar-refractivity contribution in [3.05, 3.63) is 12.7 Å². The van der Waals surface area contributed by atoms with Gasteiger partial charge in [-0.15, -0.1) is 6.58 Å². The first kappa shape index (κ1) is 20.6. The first-order chi connectivity index (χ1) is 7.18. The van der Waals surface area contributed by atoms with E-state index >= 15 is 0 Å². The molecule has 0 aromatic heterocycles. The fraction of sp³-hybridized carbons (Fsp3) is 0.769. The summed E-state index contributed by atoms with van der Waals surface area (Å²) in [5, 5.41) is 8.35. The average Bonchev–Trinajstić information content (AvgIpc) is 2.17. The molecule has 16 heavy (non-hydrogen) atoms. The molecule has 3 heteroatoms. The van der Waals surface area contributed by atoms with Crippen LogP contribution in [0.2, 0.25) is 0 Å². The first-order valence-corrected chi connectivity index (χ1v) is 5.97. The number of allylic oxidation sites excluding steroid dienone is 1. The summed E-state index contributed by atoms with van der Waals surface area (Å²) in [6, 6.07) is 0. The molecule has 3 nitrogen and oxygen atoms in total. The number of hydrogen-bond acceptors (Lipinski definition) is 2. The minimum Gasteiger partial charge on any atom is -0.481 e. The SMILES string of the molecule is C=CC.CCCCCCCCCC(=O)O.N. The zero-order chi connectivity index (χ0) is 11.9. The second-order valence-corrected chi connectivity index (χ2v) is 3.67. The van der Waals surface area contributed by atoms with Crippen molar-refractivity contribution in [1.29, 1.82) is 0 Å². The van der Waals surface area contributed by atoms with Crippen LogP contribution in [0.3, 0.4) is 0 Å². The van der Waals surface area contributed by atoms with Crippen molar-refractivity contribution in [2.24, 2.45) is 0 Å². The molecule has 0 saturated carbocycles. The third-order valence-corrected chi connectivity index (χ3v) is 1.99. The van der Waals surface area contributed by atoms with Crippen LogP contribution in [-0.2, 0) is 4.79 Å². The Bertz CT molecular complexity index is 147. The van der Waals surface area contributed by atoms with Gasteiger partial charge in [-0.05, 0) is 13.3 Å². The average molecular weight is 231 g/mol. The van der Waals surface area contributed by atoms with Crippen LogP contribution in [0.15, 0.2) is 12.7 Å². The van der Waals surface area contributed by atoms with Gasteiger partial charge >= 0.3 is 5.97 Å². The molecular weight excluding hydrogens is 202 g/mol. The van der Waals surface area contributed by atoms with E-state index < -0.39 is 5.97 Å². The van der Waals surface area contributed by atoms with Crippen molar-refractivity contribution < 1.29 is 9.90 Å². The molecule has 0 bridgehead atoms. The molecule has 0 radical (unpaired) electrons. The molecule has 0 unspecified atom stereocenters. The van der Waals surface area contributed by atoms with Crippen molar-refractivity contribution >= 4 is 5.97 Å². The molecule has 0 aliphatic carbocycles. The summed E-state index contributed by atoms with van der Waals surface area (Å²) in [6.45, 7) is 7.45. The fourth-order valence-electron chi connectivity index (χ4n) is 1.23. The lowest BCUT2D eigenvalue weighted by Crippen LogP contribution is -1.93. The van der Waals surface area contributed by atoms with Gasteiger partial charge in [-0.25, -0.2) is 0 Å². The molecule has 0 aromatic rings. The monoisotopic (exact) mass is 231 g/mol. The van der Waals surface area contributed by atoms with Crippen LogP contribution in [0, 0.1) is 0 Å². The summed E-state index contributed by atoms with van der Waals surface area (Å²) in [4.78, 5) is 10.1. The number of carboxylic acids is 1. The van der Waals surface area contributed by atoms with E-state index in [9.17, 15) is 4.79 Å². The molecule has 0 atom stereocenters. The Labute approximate surface area is 101 Å². The highest BCUT2D eigenvalue weighted by molar-refractivity contribution is 5.66. The number of carboxylic acid groups (broad SMARTS) is 1. The normalized spacial score (nSPS) is 8.38. The standard InChI is InChI=1S/C10H20O2.C3H6.H3N/c1-2-3-4-5-6-7-8-9-10(11)12;1-3-2;/h2-9H2,1H3,(H,11,12);3H,1H2,2H3;1H3. The first-order valence-electron chi connectivity index (χ1n) is 5.97. The van der Waals surface area contributed by atoms with E-state index in [4.69, 9.17) is 5.11 Å². The van der Waals surface area contributed by atoms with Crippen molar-refractivity contribution in [1.82, 2.24) is 6.15 Å². The van der Waals surface area contributed by atoms with E-state index in [1.165, 1.54) is 32.1 Å². The summed E-state index contributed by atoms with van der Waals surface area (Å²) in [5.41, 5.74) is 0. The molecule has 0 saturated heterocycles. The van der Waals surface area contributed by atoms with Crippen LogP contribution < -0.4 is 6.15 Å². The van der Waals surface area contributed by atoms with Gasteiger partial charge in [0.25, 0.3) is 0 Å². The molecule has 0 fully saturated rings. The van der Waals surface area contributed by atoms with Crippen LogP contribution in [0.25, 0.3) is 0 Å². The second kappa shape index (κ2) is 19.7. The van der Waals surface area contributed by atoms with Crippen LogP contribution in [0.5, 0.6) is 0 Å². The Hall–Kier alpha value is -0.830. The maximum Gasteiger partial charge on any atom is 0.303 e. The summed E-state index contributed by atoms with van der Waals surface area (Å²) in [7, 11) is 0. The van der Waals surface area contributed by atoms with Gasteiger partial charge < -0.3 is 11.3 Å². The maximum absolute atomic E-state index is 10.1. The predicted molar refractivity (Wildman–Crippen MR) is 71.1 cm³/mol. The minimum atomic E-state index is -0.663. The van der Waals surface area contributed by atoms with Gasteiger partial charge in [0.15, 0.2) is 0 Å². The fourth-order valence-corrected chi connectivity index (χ4v) is 1.23. The minimum absolute atomic E-state index is 0. The number of aliphatic carboxylic acids is 1. The number of hydrogen-bond donors (Lipinski definition) is 2. The smallest absolute Gasteiger partial charge is 0.303 e. The van der Waals surface area contributed by atoms with Gasteiger partial charge in [0, 0.05) is 6.42 Å². The molecule has 98 valence electrons.